The average Bonchev–Trinajstić information content (AvgIpc) is 2.10. The summed E-state index contributed by atoms with van der Waals surface area (Å²) in [6, 6.07) is 6.32. The Hall–Kier alpha value is 0.140. The van der Waals surface area contributed by atoms with Crippen LogP contribution >= 0.6 is 31.9 Å². The second kappa shape index (κ2) is 5.13. The lowest BCUT2D eigenvalue weighted by molar-refractivity contribution is 0.638. The fourth-order valence-electron chi connectivity index (χ4n) is 1.22. The van der Waals surface area contributed by atoms with E-state index in [1.54, 1.807) is 0 Å². The maximum atomic E-state index is 5.99. The van der Waals surface area contributed by atoms with Crippen molar-refractivity contribution in [1.82, 2.24) is 0 Å². The Balaban J connectivity index is 2.84. The van der Waals surface area contributed by atoms with Gasteiger partial charge in [-0.1, -0.05) is 19.4 Å². The lowest BCUT2D eigenvalue weighted by atomic mass is 10.0. The molecule has 0 aromatic heterocycles. The number of halogens is 2. The molecule has 0 unspecified atom stereocenters. The molecular weight excluding hydrogens is 294 g/mol. The van der Waals surface area contributed by atoms with Crippen molar-refractivity contribution in [2.24, 2.45) is 5.73 Å². The van der Waals surface area contributed by atoms with Gasteiger partial charge in [0.1, 0.15) is 0 Å². The summed E-state index contributed by atoms with van der Waals surface area (Å²) in [4.78, 5) is 0. The van der Waals surface area contributed by atoms with Crippen LogP contribution in [0, 0.1) is 0 Å². The molecule has 0 fully saturated rings. The SMILES string of the molecule is CCC[C@@H](N)c1ccc(Br)c(Br)c1. The molecule has 0 aliphatic heterocycles. The second-order valence-corrected chi connectivity index (χ2v) is 4.78. The van der Waals surface area contributed by atoms with Crippen LogP contribution in [0.3, 0.4) is 0 Å². The van der Waals surface area contributed by atoms with Crippen LogP contribution < -0.4 is 5.73 Å². The van der Waals surface area contributed by atoms with Gasteiger partial charge < -0.3 is 5.73 Å². The molecule has 1 nitrogen and oxygen atoms in total. The number of nitrogens with two attached hydrogens (primary N) is 1. The zero-order valence-corrected chi connectivity index (χ0v) is 10.7. The third kappa shape index (κ3) is 3.08. The van der Waals surface area contributed by atoms with E-state index < -0.39 is 0 Å². The topological polar surface area (TPSA) is 26.0 Å². The second-order valence-electron chi connectivity index (χ2n) is 3.07. The Bertz CT molecular complexity index is 286. The molecule has 0 bridgehead atoms. The minimum atomic E-state index is 0.161. The first-order chi connectivity index (χ1) is 6.15. The minimum absolute atomic E-state index is 0.161. The average molecular weight is 307 g/mol. The third-order valence-corrected chi connectivity index (χ3v) is 3.85. The zero-order valence-electron chi connectivity index (χ0n) is 7.56. The number of hydrogen-bond acceptors (Lipinski definition) is 1. The number of benzene rings is 1. The molecule has 0 spiro atoms. The van der Waals surface area contributed by atoms with Gasteiger partial charge in [-0.25, -0.2) is 0 Å². The van der Waals surface area contributed by atoms with Gasteiger partial charge in [-0.3, -0.25) is 0 Å². The highest BCUT2D eigenvalue weighted by Crippen LogP contribution is 2.26. The van der Waals surface area contributed by atoms with Gasteiger partial charge in [0.05, 0.1) is 0 Å². The van der Waals surface area contributed by atoms with Crippen LogP contribution in [0.1, 0.15) is 31.4 Å². The van der Waals surface area contributed by atoms with Crippen molar-refractivity contribution in [3.63, 3.8) is 0 Å². The summed E-state index contributed by atoms with van der Waals surface area (Å²) >= 11 is 6.89. The minimum Gasteiger partial charge on any atom is -0.324 e. The lowest BCUT2D eigenvalue weighted by Crippen LogP contribution is -2.09. The van der Waals surface area contributed by atoms with Gasteiger partial charge in [0.15, 0.2) is 0 Å². The van der Waals surface area contributed by atoms with Crippen molar-refractivity contribution in [3.05, 3.63) is 32.7 Å². The molecular formula is C10H13Br2N. The quantitative estimate of drug-likeness (QED) is 0.897. The molecule has 0 saturated heterocycles. The summed E-state index contributed by atoms with van der Waals surface area (Å²) in [7, 11) is 0. The fraction of sp³-hybridized carbons (Fsp3) is 0.400. The molecule has 0 aliphatic rings. The van der Waals surface area contributed by atoms with E-state index in [-0.39, 0.29) is 6.04 Å². The number of hydrogen-bond donors (Lipinski definition) is 1. The maximum absolute atomic E-state index is 5.99. The summed E-state index contributed by atoms with van der Waals surface area (Å²) in [6.07, 6.45) is 2.16. The third-order valence-electron chi connectivity index (χ3n) is 1.97. The van der Waals surface area contributed by atoms with Gasteiger partial charge in [0.25, 0.3) is 0 Å². The largest absolute Gasteiger partial charge is 0.324 e. The fourth-order valence-corrected chi connectivity index (χ4v) is 1.86. The monoisotopic (exact) mass is 305 g/mol. The summed E-state index contributed by atoms with van der Waals surface area (Å²) < 4.78 is 2.14. The van der Waals surface area contributed by atoms with Gasteiger partial charge in [-0.05, 0) is 56.0 Å². The first-order valence-corrected chi connectivity index (χ1v) is 5.94. The van der Waals surface area contributed by atoms with E-state index in [4.69, 9.17) is 5.73 Å². The van der Waals surface area contributed by atoms with Gasteiger partial charge in [0.2, 0.25) is 0 Å². The van der Waals surface area contributed by atoms with E-state index in [1.807, 2.05) is 6.07 Å². The van der Waals surface area contributed by atoms with Gasteiger partial charge >= 0.3 is 0 Å². The Morgan fingerprint density at radius 1 is 1.31 bits per heavy atom. The molecule has 1 aromatic rings. The van der Waals surface area contributed by atoms with Crippen LogP contribution in [0.5, 0.6) is 0 Å². The highest BCUT2D eigenvalue weighted by atomic mass is 79.9. The van der Waals surface area contributed by atoms with Crippen molar-refractivity contribution in [3.8, 4) is 0 Å². The van der Waals surface area contributed by atoms with E-state index in [0.29, 0.717) is 0 Å². The predicted octanol–water partition coefficient (Wildman–Crippen LogP) is 4.01. The first kappa shape index (κ1) is 11.2. The molecule has 1 aromatic carbocycles. The highest BCUT2D eigenvalue weighted by Gasteiger charge is 2.06. The van der Waals surface area contributed by atoms with Crippen LogP contribution in [0.2, 0.25) is 0 Å². The smallest absolute Gasteiger partial charge is 0.0320 e. The molecule has 0 heterocycles. The molecule has 1 rings (SSSR count). The summed E-state index contributed by atoms with van der Waals surface area (Å²) in [5, 5.41) is 0. The highest BCUT2D eigenvalue weighted by molar-refractivity contribution is 9.13. The van der Waals surface area contributed by atoms with Crippen molar-refractivity contribution in [2.75, 3.05) is 0 Å². The molecule has 13 heavy (non-hydrogen) atoms. The van der Waals surface area contributed by atoms with Crippen LogP contribution in [0.15, 0.2) is 27.1 Å². The van der Waals surface area contributed by atoms with E-state index >= 15 is 0 Å². The van der Waals surface area contributed by atoms with Crippen molar-refractivity contribution >= 4 is 31.9 Å². The molecule has 2 N–H and O–H groups in total. The lowest BCUT2D eigenvalue weighted by Gasteiger charge is -2.11. The first-order valence-electron chi connectivity index (χ1n) is 4.35. The van der Waals surface area contributed by atoms with E-state index in [0.717, 1.165) is 21.8 Å². The maximum Gasteiger partial charge on any atom is 0.0320 e. The standard InChI is InChI=1S/C10H13Br2N/c1-2-3-10(13)7-4-5-8(11)9(12)6-7/h4-6,10H,2-3,13H2,1H3/t10-/m1/s1. The molecule has 1 atom stereocenters. The Morgan fingerprint density at radius 2 is 2.00 bits per heavy atom. The predicted molar refractivity (Wildman–Crippen MR) is 63.7 cm³/mol. The van der Waals surface area contributed by atoms with Crippen LogP contribution in [-0.4, -0.2) is 0 Å². The van der Waals surface area contributed by atoms with Crippen molar-refractivity contribution < 1.29 is 0 Å². The summed E-state index contributed by atoms with van der Waals surface area (Å²) in [6.45, 7) is 2.15. The molecule has 0 aliphatic carbocycles. The molecule has 3 heteroatoms. The normalized spacial score (nSPS) is 12.9. The van der Waals surface area contributed by atoms with Gasteiger partial charge in [-0.2, -0.15) is 0 Å². The Kier molecular flexibility index (Phi) is 4.42. The van der Waals surface area contributed by atoms with Crippen molar-refractivity contribution in [2.45, 2.75) is 25.8 Å². The zero-order chi connectivity index (χ0) is 9.84. The van der Waals surface area contributed by atoms with Gasteiger partial charge in [0, 0.05) is 15.0 Å². The van der Waals surface area contributed by atoms with Crippen LogP contribution in [0.25, 0.3) is 0 Å². The Morgan fingerprint density at radius 3 is 2.54 bits per heavy atom. The van der Waals surface area contributed by atoms with Crippen LogP contribution in [0.4, 0.5) is 0 Å². The molecule has 0 saturated carbocycles. The number of rotatable bonds is 3. The van der Waals surface area contributed by atoms with Gasteiger partial charge in [-0.15, -0.1) is 0 Å². The Labute approximate surface area is 96.0 Å². The molecule has 0 amide bonds. The molecule has 72 valence electrons. The summed E-state index contributed by atoms with van der Waals surface area (Å²) in [5.41, 5.74) is 7.18. The van der Waals surface area contributed by atoms with E-state index in [9.17, 15) is 0 Å². The van der Waals surface area contributed by atoms with E-state index in [2.05, 4.69) is 50.9 Å². The van der Waals surface area contributed by atoms with Crippen molar-refractivity contribution in [1.29, 1.82) is 0 Å². The summed E-state index contributed by atoms with van der Waals surface area (Å²) in [5.74, 6) is 0. The molecule has 0 radical (unpaired) electrons. The van der Waals surface area contributed by atoms with Crippen LogP contribution in [-0.2, 0) is 0 Å². The van der Waals surface area contributed by atoms with E-state index in [1.165, 1.54) is 5.56 Å².